The highest BCUT2D eigenvalue weighted by Crippen LogP contribution is 2.42. The van der Waals surface area contributed by atoms with Gasteiger partial charge in [0.05, 0.1) is 0 Å². The third-order valence-corrected chi connectivity index (χ3v) is 8.43. The first-order valence-corrected chi connectivity index (χ1v) is 14.2. The fourth-order valence-corrected chi connectivity index (χ4v) is 6.55. The van der Waals surface area contributed by atoms with E-state index in [-0.39, 0.29) is 6.71 Å². The van der Waals surface area contributed by atoms with Gasteiger partial charge < -0.3 is 18.8 Å². The zero-order valence-corrected chi connectivity index (χ0v) is 22.9. The molecule has 5 heteroatoms. The van der Waals surface area contributed by atoms with Crippen LogP contribution in [0.2, 0.25) is 0 Å². The second kappa shape index (κ2) is 8.79. The summed E-state index contributed by atoms with van der Waals surface area (Å²) in [5, 5.41) is 2.10. The minimum Gasteiger partial charge on any atom is -0.458 e. The van der Waals surface area contributed by atoms with Crippen molar-refractivity contribution in [1.29, 1.82) is 0 Å². The van der Waals surface area contributed by atoms with Crippen LogP contribution in [0.4, 0.5) is 17.1 Å². The molecular weight excluding hydrogens is 517 g/mol. The lowest BCUT2D eigenvalue weighted by atomic mass is 9.35. The molecule has 0 bridgehead atoms. The van der Waals surface area contributed by atoms with E-state index in [2.05, 4.69) is 109 Å². The Morgan fingerprint density at radius 1 is 0.548 bits per heavy atom. The first kappa shape index (κ1) is 23.3. The second-order valence-corrected chi connectivity index (χ2v) is 11.0. The lowest BCUT2D eigenvalue weighted by Gasteiger charge is -2.32. The molecule has 0 radical (unpaired) electrons. The van der Waals surface area contributed by atoms with Gasteiger partial charge in [-0.05, 0) is 78.0 Å². The average molecular weight is 541 g/mol. The van der Waals surface area contributed by atoms with Gasteiger partial charge in [-0.25, -0.2) is 0 Å². The van der Waals surface area contributed by atoms with Crippen LogP contribution >= 0.6 is 0 Å². The zero-order chi connectivity index (χ0) is 27.8. The molecule has 3 heterocycles. The monoisotopic (exact) mass is 541 g/mol. The molecule has 9 rings (SSSR count). The molecule has 0 saturated heterocycles. The van der Waals surface area contributed by atoms with Gasteiger partial charge in [0.15, 0.2) is 11.3 Å². The highest BCUT2D eigenvalue weighted by molar-refractivity contribution is 6.98. The third-order valence-electron chi connectivity index (χ3n) is 8.43. The molecule has 42 heavy (non-hydrogen) atoms. The number of hydrogen-bond donors (Lipinski definition) is 0. The maximum atomic E-state index is 6.69. The minimum atomic E-state index is 0.00382. The zero-order valence-electron chi connectivity index (χ0n) is 22.9. The summed E-state index contributed by atoms with van der Waals surface area (Å²) in [6.45, 7) is 2.10. The summed E-state index contributed by atoms with van der Waals surface area (Å²) in [5.41, 5.74) is 9.25. The van der Waals surface area contributed by atoms with E-state index in [0.29, 0.717) is 0 Å². The number of anilines is 3. The average Bonchev–Trinajstić information content (AvgIpc) is 3.40. The van der Waals surface area contributed by atoms with E-state index in [1.54, 1.807) is 0 Å². The van der Waals surface area contributed by atoms with Gasteiger partial charge in [0.2, 0.25) is 0 Å². The number of furan rings is 1. The van der Waals surface area contributed by atoms with Gasteiger partial charge in [0.1, 0.15) is 22.8 Å². The lowest BCUT2D eigenvalue weighted by Crippen LogP contribution is -2.57. The molecule has 0 amide bonds. The van der Waals surface area contributed by atoms with E-state index >= 15 is 0 Å². The van der Waals surface area contributed by atoms with Crippen LogP contribution in [0.5, 0.6) is 23.0 Å². The summed E-state index contributed by atoms with van der Waals surface area (Å²) in [7, 11) is 0. The maximum absolute atomic E-state index is 6.69. The summed E-state index contributed by atoms with van der Waals surface area (Å²) in [6, 6.07) is 44.1. The molecule has 6 aromatic carbocycles. The molecule has 0 unspecified atom stereocenters. The van der Waals surface area contributed by atoms with Crippen molar-refractivity contribution in [3.8, 4) is 23.0 Å². The molecule has 2 aliphatic rings. The van der Waals surface area contributed by atoms with Crippen LogP contribution in [0, 0.1) is 6.92 Å². The molecule has 0 atom stereocenters. The van der Waals surface area contributed by atoms with Gasteiger partial charge in [-0.3, -0.25) is 0 Å². The highest BCUT2D eigenvalue weighted by atomic mass is 16.5. The van der Waals surface area contributed by atoms with Gasteiger partial charge >= 0.3 is 0 Å². The number of nitrogens with zero attached hydrogens (tertiary/aromatic N) is 1. The normalized spacial score (nSPS) is 12.7. The number of fused-ring (bicyclic) bond motifs is 8. The Hall–Kier alpha value is -5.42. The summed E-state index contributed by atoms with van der Waals surface area (Å²) >= 11 is 0. The largest absolute Gasteiger partial charge is 0.458 e. The summed E-state index contributed by atoms with van der Waals surface area (Å²) < 4.78 is 19.7. The fourth-order valence-electron chi connectivity index (χ4n) is 6.55. The molecule has 7 aromatic rings. The number of hydrogen-bond acceptors (Lipinski definition) is 4. The Morgan fingerprint density at radius 3 is 2.00 bits per heavy atom. The van der Waals surface area contributed by atoms with E-state index in [1.807, 2.05) is 30.3 Å². The number of ether oxygens (including phenoxy) is 2. The Balaban J connectivity index is 1.24. The van der Waals surface area contributed by atoms with Crippen molar-refractivity contribution in [2.24, 2.45) is 0 Å². The number of rotatable bonds is 3. The van der Waals surface area contributed by atoms with E-state index in [4.69, 9.17) is 13.9 Å². The van der Waals surface area contributed by atoms with Crippen molar-refractivity contribution in [3.63, 3.8) is 0 Å². The van der Waals surface area contributed by atoms with E-state index < -0.39 is 0 Å². The SMILES string of the molecule is Cc1ccc2c(c1)Oc1cccc3c1B2c1ccc2c(oc4cc(N(c5ccccc5)c5ccccc5)ccc42)c1O3. The molecule has 1 aromatic heterocycles. The molecule has 0 aliphatic carbocycles. The van der Waals surface area contributed by atoms with Gasteiger partial charge in [-0.15, -0.1) is 0 Å². The molecule has 198 valence electrons. The van der Waals surface area contributed by atoms with Crippen LogP contribution in [0.3, 0.4) is 0 Å². The van der Waals surface area contributed by atoms with Gasteiger partial charge in [0, 0.05) is 39.4 Å². The molecule has 0 fully saturated rings. The Bertz CT molecular complexity index is 2130. The van der Waals surface area contributed by atoms with Gasteiger partial charge in [0.25, 0.3) is 6.71 Å². The van der Waals surface area contributed by atoms with Crippen molar-refractivity contribution in [3.05, 3.63) is 133 Å². The summed E-state index contributed by atoms with van der Waals surface area (Å²) in [4.78, 5) is 2.25. The Kier molecular flexibility index (Phi) is 4.88. The van der Waals surface area contributed by atoms with Crippen LogP contribution in [0.25, 0.3) is 21.9 Å². The first-order valence-electron chi connectivity index (χ1n) is 14.2. The van der Waals surface area contributed by atoms with Gasteiger partial charge in [-0.2, -0.15) is 0 Å². The van der Waals surface area contributed by atoms with Crippen molar-refractivity contribution in [2.75, 3.05) is 4.90 Å². The number of benzene rings is 6. The minimum absolute atomic E-state index is 0.00382. The van der Waals surface area contributed by atoms with Crippen LogP contribution < -0.4 is 30.8 Å². The third kappa shape index (κ3) is 3.37. The fraction of sp³-hybridized carbons (Fsp3) is 0.0270. The standard InChI is InChI=1S/C37H24BNO3/c1-23-15-19-29-34(21-23)40-31-13-8-14-32-35(31)38(29)30-20-18-28-27-17-16-26(22-33(27)42-36(28)37(30)41-32)39(24-9-4-2-5-10-24)25-11-6-3-7-12-25/h2-22H,1H3. The second-order valence-electron chi connectivity index (χ2n) is 11.0. The quantitative estimate of drug-likeness (QED) is 0.212. The topological polar surface area (TPSA) is 34.8 Å². The van der Waals surface area contributed by atoms with Crippen LogP contribution in [-0.2, 0) is 0 Å². The Labute approximate surface area is 243 Å². The van der Waals surface area contributed by atoms with Crippen molar-refractivity contribution < 1.29 is 13.9 Å². The first-order chi connectivity index (χ1) is 20.7. The summed E-state index contributed by atoms with van der Waals surface area (Å²) in [5.74, 6) is 3.33. The van der Waals surface area contributed by atoms with Gasteiger partial charge in [-0.1, -0.05) is 66.7 Å². The van der Waals surface area contributed by atoms with E-state index in [1.165, 1.54) is 5.56 Å². The number of aryl methyl sites for hydroxylation is 1. The van der Waals surface area contributed by atoms with E-state index in [0.717, 1.165) is 78.4 Å². The highest BCUT2D eigenvalue weighted by Gasteiger charge is 2.41. The predicted molar refractivity (Wildman–Crippen MR) is 171 cm³/mol. The van der Waals surface area contributed by atoms with Crippen LogP contribution in [0.1, 0.15) is 5.56 Å². The molecule has 0 spiro atoms. The smallest absolute Gasteiger partial charge is 0.260 e. The Morgan fingerprint density at radius 2 is 1.24 bits per heavy atom. The number of para-hydroxylation sites is 2. The van der Waals surface area contributed by atoms with Crippen LogP contribution in [0.15, 0.2) is 132 Å². The lowest BCUT2D eigenvalue weighted by molar-refractivity contribution is 0.461. The maximum Gasteiger partial charge on any atom is 0.260 e. The van der Waals surface area contributed by atoms with E-state index in [9.17, 15) is 0 Å². The molecule has 4 nitrogen and oxygen atoms in total. The molecule has 0 N–H and O–H groups in total. The summed E-state index contributed by atoms with van der Waals surface area (Å²) in [6.07, 6.45) is 0. The molecular formula is C37H24BNO3. The van der Waals surface area contributed by atoms with Crippen LogP contribution in [-0.4, -0.2) is 6.71 Å². The molecule has 2 aliphatic heterocycles. The van der Waals surface area contributed by atoms with Crippen molar-refractivity contribution in [1.82, 2.24) is 0 Å². The van der Waals surface area contributed by atoms with Crippen molar-refractivity contribution in [2.45, 2.75) is 6.92 Å². The van der Waals surface area contributed by atoms with Crippen molar-refractivity contribution >= 4 is 62.1 Å². The predicted octanol–water partition coefficient (Wildman–Crippen LogP) is 8.09. The molecule has 0 saturated carbocycles.